The second-order valence-corrected chi connectivity index (χ2v) is 8.44. The number of aromatic nitrogens is 4. The number of aryl methyl sites for hydroxylation is 1. The molecule has 3 heterocycles. The molecule has 162 valence electrons. The summed E-state index contributed by atoms with van der Waals surface area (Å²) in [7, 11) is 0. The second kappa shape index (κ2) is 8.24. The molecule has 0 N–H and O–H groups in total. The molecule has 0 radical (unpaired) electrons. The molecular formula is C24H23ClN6O. The van der Waals surface area contributed by atoms with Crippen molar-refractivity contribution in [3.05, 3.63) is 76.4 Å². The number of pyridine rings is 1. The normalized spacial score (nSPS) is 14.2. The monoisotopic (exact) mass is 446 g/mol. The van der Waals surface area contributed by atoms with E-state index in [0.717, 1.165) is 40.6 Å². The number of amides is 1. The molecule has 0 aliphatic carbocycles. The number of rotatable bonds is 3. The van der Waals surface area contributed by atoms with Crippen molar-refractivity contribution >= 4 is 34.4 Å². The van der Waals surface area contributed by atoms with Crippen molar-refractivity contribution < 1.29 is 4.79 Å². The Kier molecular flexibility index (Phi) is 5.27. The van der Waals surface area contributed by atoms with Gasteiger partial charge >= 0.3 is 0 Å². The highest BCUT2D eigenvalue weighted by Crippen LogP contribution is 2.26. The molecule has 0 spiro atoms. The molecule has 1 aliphatic heterocycles. The Balaban J connectivity index is 1.38. The fourth-order valence-electron chi connectivity index (χ4n) is 4.26. The average Bonchev–Trinajstić information content (AvgIpc) is 3.24. The number of anilines is 1. The summed E-state index contributed by atoms with van der Waals surface area (Å²) in [4.78, 5) is 22.0. The van der Waals surface area contributed by atoms with Crippen LogP contribution in [-0.4, -0.2) is 57.0 Å². The second-order valence-electron chi connectivity index (χ2n) is 8.01. The van der Waals surface area contributed by atoms with Gasteiger partial charge in [0.05, 0.1) is 5.69 Å². The Bertz CT molecular complexity index is 1310. The van der Waals surface area contributed by atoms with E-state index in [4.69, 9.17) is 11.6 Å². The van der Waals surface area contributed by atoms with Gasteiger partial charge < -0.3 is 9.80 Å². The van der Waals surface area contributed by atoms with Gasteiger partial charge in [0.15, 0.2) is 5.65 Å². The van der Waals surface area contributed by atoms with E-state index < -0.39 is 0 Å². The van der Waals surface area contributed by atoms with Gasteiger partial charge in [-0.2, -0.15) is 4.68 Å². The largest absolute Gasteiger partial charge is 0.368 e. The van der Waals surface area contributed by atoms with Gasteiger partial charge in [-0.1, -0.05) is 28.9 Å². The smallest absolute Gasteiger partial charge is 0.254 e. The first kappa shape index (κ1) is 20.5. The van der Waals surface area contributed by atoms with Crippen LogP contribution >= 0.6 is 11.6 Å². The third-order valence-electron chi connectivity index (χ3n) is 6.05. The minimum Gasteiger partial charge on any atom is -0.368 e. The summed E-state index contributed by atoms with van der Waals surface area (Å²) >= 11 is 6.20. The maximum Gasteiger partial charge on any atom is 0.254 e. The van der Waals surface area contributed by atoms with Gasteiger partial charge in [-0.25, -0.2) is 4.98 Å². The molecule has 1 fully saturated rings. The Morgan fingerprint density at radius 1 is 0.969 bits per heavy atom. The van der Waals surface area contributed by atoms with E-state index in [9.17, 15) is 4.79 Å². The van der Waals surface area contributed by atoms with Crippen LogP contribution in [0.15, 0.2) is 54.7 Å². The van der Waals surface area contributed by atoms with Gasteiger partial charge in [-0.05, 0) is 61.4 Å². The van der Waals surface area contributed by atoms with Gasteiger partial charge in [0.25, 0.3) is 5.91 Å². The van der Waals surface area contributed by atoms with Crippen LogP contribution < -0.4 is 4.90 Å². The van der Waals surface area contributed by atoms with Crippen LogP contribution in [0.25, 0.3) is 16.9 Å². The zero-order chi connectivity index (χ0) is 22.2. The summed E-state index contributed by atoms with van der Waals surface area (Å²) in [5.41, 5.74) is 6.06. The molecule has 7 nitrogen and oxygen atoms in total. The summed E-state index contributed by atoms with van der Waals surface area (Å²) in [6.07, 6.45) is 1.72. The molecule has 1 aliphatic rings. The van der Waals surface area contributed by atoms with E-state index >= 15 is 0 Å². The lowest BCUT2D eigenvalue weighted by Crippen LogP contribution is -2.49. The van der Waals surface area contributed by atoms with Crippen LogP contribution in [0.1, 0.15) is 21.5 Å². The molecule has 0 unspecified atom stereocenters. The average molecular weight is 447 g/mol. The maximum absolute atomic E-state index is 13.4. The van der Waals surface area contributed by atoms with Crippen molar-refractivity contribution in [2.45, 2.75) is 13.8 Å². The van der Waals surface area contributed by atoms with E-state index in [1.807, 2.05) is 60.4 Å². The molecule has 0 atom stereocenters. The van der Waals surface area contributed by atoms with Crippen molar-refractivity contribution in [3.8, 4) is 5.69 Å². The van der Waals surface area contributed by atoms with E-state index in [1.54, 1.807) is 10.9 Å². The Labute approximate surface area is 191 Å². The van der Waals surface area contributed by atoms with Gasteiger partial charge in [0, 0.05) is 48.6 Å². The van der Waals surface area contributed by atoms with Crippen molar-refractivity contribution in [2.75, 3.05) is 31.1 Å². The molecule has 32 heavy (non-hydrogen) atoms. The Morgan fingerprint density at radius 3 is 2.59 bits per heavy atom. The van der Waals surface area contributed by atoms with Gasteiger partial charge in [-0.15, -0.1) is 5.10 Å². The highest BCUT2D eigenvalue weighted by molar-refractivity contribution is 6.30. The van der Waals surface area contributed by atoms with Crippen LogP contribution in [-0.2, 0) is 0 Å². The number of nitrogens with zero attached hydrogens (tertiary/aromatic N) is 6. The SMILES string of the molecule is Cc1ccc(Cl)cc1N1CCN(C(=O)c2cccc(-n3nnc4cccnc43)c2C)CC1. The molecule has 2 aromatic carbocycles. The summed E-state index contributed by atoms with van der Waals surface area (Å²) in [5, 5.41) is 9.18. The molecular weight excluding hydrogens is 424 g/mol. The third-order valence-corrected chi connectivity index (χ3v) is 6.29. The lowest BCUT2D eigenvalue weighted by Gasteiger charge is -2.37. The fraction of sp³-hybridized carbons (Fsp3) is 0.250. The van der Waals surface area contributed by atoms with Crippen molar-refractivity contribution in [3.63, 3.8) is 0 Å². The van der Waals surface area contributed by atoms with Crippen LogP contribution in [0.2, 0.25) is 5.02 Å². The van der Waals surface area contributed by atoms with Crippen LogP contribution in [0.4, 0.5) is 5.69 Å². The van der Waals surface area contributed by atoms with Crippen molar-refractivity contribution in [1.82, 2.24) is 24.9 Å². The van der Waals surface area contributed by atoms with Gasteiger partial charge in [0.2, 0.25) is 0 Å². The number of hydrogen-bond donors (Lipinski definition) is 0. The van der Waals surface area contributed by atoms with E-state index in [-0.39, 0.29) is 5.91 Å². The summed E-state index contributed by atoms with van der Waals surface area (Å²) in [6.45, 7) is 6.88. The zero-order valence-electron chi connectivity index (χ0n) is 18.0. The number of piperazine rings is 1. The first-order valence-corrected chi connectivity index (χ1v) is 11.0. The first-order valence-electron chi connectivity index (χ1n) is 10.6. The van der Waals surface area contributed by atoms with Crippen LogP contribution in [0.5, 0.6) is 0 Å². The lowest BCUT2D eigenvalue weighted by atomic mass is 10.0. The number of hydrogen-bond acceptors (Lipinski definition) is 5. The topological polar surface area (TPSA) is 67.2 Å². The van der Waals surface area contributed by atoms with E-state index in [2.05, 4.69) is 27.1 Å². The molecule has 0 saturated carbocycles. The number of carbonyl (C=O) groups excluding carboxylic acids is 1. The minimum absolute atomic E-state index is 0.0317. The third kappa shape index (κ3) is 3.58. The van der Waals surface area contributed by atoms with Gasteiger partial charge in [-0.3, -0.25) is 4.79 Å². The number of fused-ring (bicyclic) bond motifs is 1. The Morgan fingerprint density at radius 2 is 1.78 bits per heavy atom. The van der Waals surface area contributed by atoms with Crippen LogP contribution in [0.3, 0.4) is 0 Å². The van der Waals surface area contributed by atoms with Crippen molar-refractivity contribution in [1.29, 1.82) is 0 Å². The highest BCUT2D eigenvalue weighted by atomic mass is 35.5. The number of benzene rings is 2. The number of halogens is 1. The zero-order valence-corrected chi connectivity index (χ0v) is 18.8. The molecule has 1 amide bonds. The Hall–Kier alpha value is -3.45. The molecule has 5 rings (SSSR count). The van der Waals surface area contributed by atoms with Crippen LogP contribution in [0, 0.1) is 13.8 Å². The lowest BCUT2D eigenvalue weighted by molar-refractivity contribution is 0.0746. The standard InChI is InChI=1S/C24H23ClN6O/c1-16-8-9-18(25)15-22(16)29-11-13-30(14-12-29)24(32)19-5-3-7-21(17(19)2)31-23-20(27-28-31)6-4-10-26-23/h3-10,15H,11-14H2,1-2H3. The van der Waals surface area contributed by atoms with Crippen molar-refractivity contribution in [2.24, 2.45) is 0 Å². The quantitative estimate of drug-likeness (QED) is 0.475. The molecule has 8 heteroatoms. The fourth-order valence-corrected chi connectivity index (χ4v) is 4.42. The maximum atomic E-state index is 13.4. The predicted molar refractivity (Wildman–Crippen MR) is 126 cm³/mol. The highest BCUT2D eigenvalue weighted by Gasteiger charge is 2.25. The van der Waals surface area contributed by atoms with Gasteiger partial charge in [0.1, 0.15) is 5.52 Å². The molecule has 1 saturated heterocycles. The molecule has 4 aromatic rings. The summed E-state index contributed by atoms with van der Waals surface area (Å²) in [6, 6.07) is 15.3. The van der Waals surface area contributed by atoms with E-state index in [1.165, 1.54) is 5.56 Å². The number of carbonyl (C=O) groups is 1. The summed E-state index contributed by atoms with van der Waals surface area (Å²) < 4.78 is 1.70. The summed E-state index contributed by atoms with van der Waals surface area (Å²) in [5.74, 6) is 0.0317. The molecule has 0 bridgehead atoms. The van der Waals surface area contributed by atoms with E-state index in [0.29, 0.717) is 24.3 Å². The predicted octanol–water partition coefficient (Wildman–Crippen LogP) is 4.05. The molecule has 2 aromatic heterocycles. The minimum atomic E-state index is 0.0317. The first-order chi connectivity index (χ1) is 15.5.